The molecule has 3 nitrogen and oxygen atoms in total. The molecule has 1 aromatic carbocycles. The molecule has 0 amide bonds. The first-order chi connectivity index (χ1) is 8.69. The number of nitrogens with zero attached hydrogens (tertiary/aromatic N) is 2. The van der Waals surface area contributed by atoms with Gasteiger partial charge in [0, 0.05) is 22.7 Å². The molecule has 2 rings (SSSR count). The number of halogens is 1. The molecular formula is C13H13ClN2OS. The molecular weight excluding hydrogens is 268 g/mol. The zero-order valence-electron chi connectivity index (χ0n) is 9.97. The van der Waals surface area contributed by atoms with Gasteiger partial charge in [0.1, 0.15) is 0 Å². The number of carbonyl (C=O) groups is 1. The van der Waals surface area contributed by atoms with Gasteiger partial charge >= 0.3 is 0 Å². The Hall–Kier alpha value is -1.26. The Morgan fingerprint density at radius 1 is 1.50 bits per heavy atom. The van der Waals surface area contributed by atoms with Gasteiger partial charge in [-0.15, -0.1) is 11.8 Å². The Balaban J connectivity index is 1.96. The largest absolute Gasteiger partial charge is 0.293 e. The second kappa shape index (κ2) is 6.07. The maximum atomic E-state index is 11.9. The number of aromatic nitrogens is 2. The number of aryl methyl sites for hydroxylation is 1. The van der Waals surface area contributed by atoms with Crippen LogP contribution in [0.15, 0.2) is 41.6 Å². The molecule has 94 valence electrons. The average molecular weight is 281 g/mol. The van der Waals surface area contributed by atoms with Crippen LogP contribution in [-0.4, -0.2) is 21.3 Å². The summed E-state index contributed by atoms with van der Waals surface area (Å²) in [5.74, 6) is 0.482. The van der Waals surface area contributed by atoms with Crippen molar-refractivity contribution in [2.75, 3.05) is 5.75 Å². The van der Waals surface area contributed by atoms with Gasteiger partial charge in [-0.3, -0.25) is 9.48 Å². The standard InChI is InChI=1S/C13H13ClN2OS/c1-2-16-8-10(7-15-16)13(17)9-18-12-5-3-4-11(14)6-12/h3-8H,2,9H2,1H3. The lowest BCUT2D eigenvalue weighted by Crippen LogP contribution is -2.01. The summed E-state index contributed by atoms with van der Waals surface area (Å²) in [5.41, 5.74) is 0.659. The van der Waals surface area contributed by atoms with E-state index in [4.69, 9.17) is 11.6 Å². The van der Waals surface area contributed by atoms with Crippen molar-refractivity contribution in [3.8, 4) is 0 Å². The van der Waals surface area contributed by atoms with Crippen LogP contribution >= 0.6 is 23.4 Å². The van der Waals surface area contributed by atoms with Crippen LogP contribution in [0.5, 0.6) is 0 Å². The number of rotatable bonds is 5. The number of hydrogen-bond acceptors (Lipinski definition) is 3. The number of thioether (sulfide) groups is 1. The Morgan fingerprint density at radius 2 is 2.33 bits per heavy atom. The van der Waals surface area contributed by atoms with Gasteiger partial charge in [-0.1, -0.05) is 17.7 Å². The summed E-state index contributed by atoms with van der Waals surface area (Å²) in [5, 5.41) is 4.78. The lowest BCUT2D eigenvalue weighted by Gasteiger charge is -2.00. The van der Waals surface area contributed by atoms with E-state index in [1.807, 2.05) is 31.2 Å². The number of benzene rings is 1. The van der Waals surface area contributed by atoms with Crippen molar-refractivity contribution in [1.82, 2.24) is 9.78 Å². The highest BCUT2D eigenvalue weighted by atomic mass is 35.5. The van der Waals surface area contributed by atoms with E-state index in [2.05, 4.69) is 5.10 Å². The monoisotopic (exact) mass is 280 g/mol. The van der Waals surface area contributed by atoms with Crippen molar-refractivity contribution < 1.29 is 4.79 Å². The Labute approximate surface area is 115 Å². The van der Waals surface area contributed by atoms with E-state index in [9.17, 15) is 4.79 Å². The Bertz CT molecular complexity index is 553. The van der Waals surface area contributed by atoms with Crippen LogP contribution in [0.25, 0.3) is 0 Å². The Kier molecular flexibility index (Phi) is 4.44. The molecule has 0 aliphatic carbocycles. The van der Waals surface area contributed by atoms with E-state index in [-0.39, 0.29) is 5.78 Å². The summed E-state index contributed by atoms with van der Waals surface area (Å²) in [7, 11) is 0. The van der Waals surface area contributed by atoms with Crippen molar-refractivity contribution in [1.29, 1.82) is 0 Å². The molecule has 0 bridgehead atoms. The first-order valence-corrected chi connectivity index (χ1v) is 6.99. The fourth-order valence-corrected chi connectivity index (χ4v) is 2.57. The lowest BCUT2D eigenvalue weighted by atomic mass is 10.3. The van der Waals surface area contributed by atoms with Crippen molar-refractivity contribution in [2.45, 2.75) is 18.4 Å². The maximum absolute atomic E-state index is 11.9. The van der Waals surface area contributed by atoms with Crippen LogP contribution < -0.4 is 0 Å². The summed E-state index contributed by atoms with van der Waals surface area (Å²) in [6.45, 7) is 2.76. The van der Waals surface area contributed by atoms with Gasteiger partial charge in [0.25, 0.3) is 0 Å². The summed E-state index contributed by atoms with van der Waals surface area (Å²) < 4.78 is 1.75. The summed E-state index contributed by atoms with van der Waals surface area (Å²) in [4.78, 5) is 12.9. The number of hydrogen-bond donors (Lipinski definition) is 0. The molecule has 0 atom stereocenters. The van der Waals surface area contributed by atoms with Gasteiger partial charge in [-0.25, -0.2) is 0 Å². The summed E-state index contributed by atoms with van der Waals surface area (Å²) in [6, 6.07) is 7.50. The van der Waals surface area contributed by atoms with Gasteiger partial charge < -0.3 is 0 Å². The third-order valence-electron chi connectivity index (χ3n) is 2.45. The molecule has 1 aromatic heterocycles. The maximum Gasteiger partial charge on any atom is 0.176 e. The van der Waals surface area contributed by atoms with Gasteiger partial charge in [0.05, 0.1) is 17.5 Å². The summed E-state index contributed by atoms with van der Waals surface area (Å²) in [6.07, 6.45) is 3.39. The topological polar surface area (TPSA) is 34.9 Å². The van der Waals surface area contributed by atoms with Crippen molar-refractivity contribution in [2.24, 2.45) is 0 Å². The molecule has 0 spiro atoms. The number of carbonyl (C=O) groups excluding carboxylic acids is 1. The minimum Gasteiger partial charge on any atom is -0.293 e. The van der Waals surface area contributed by atoms with Gasteiger partial charge in [-0.05, 0) is 25.1 Å². The molecule has 0 radical (unpaired) electrons. The molecule has 0 aliphatic heterocycles. The predicted molar refractivity (Wildman–Crippen MR) is 74.4 cm³/mol. The van der Waals surface area contributed by atoms with Crippen molar-refractivity contribution >= 4 is 29.1 Å². The molecule has 0 N–H and O–H groups in total. The Morgan fingerprint density at radius 3 is 3.00 bits per heavy atom. The fraction of sp³-hybridized carbons (Fsp3) is 0.231. The van der Waals surface area contributed by atoms with Crippen LogP contribution in [0, 0.1) is 0 Å². The highest BCUT2D eigenvalue weighted by molar-refractivity contribution is 8.00. The predicted octanol–water partition coefficient (Wildman–Crippen LogP) is 3.53. The van der Waals surface area contributed by atoms with Gasteiger partial charge in [0.2, 0.25) is 0 Å². The van der Waals surface area contributed by atoms with Crippen molar-refractivity contribution in [3.05, 3.63) is 47.2 Å². The first kappa shape index (κ1) is 13.2. The second-order valence-corrected chi connectivity index (χ2v) is 5.24. The van der Waals surface area contributed by atoms with E-state index in [1.54, 1.807) is 17.1 Å². The van der Waals surface area contributed by atoms with Crippen molar-refractivity contribution in [3.63, 3.8) is 0 Å². The molecule has 0 unspecified atom stereocenters. The third-order valence-corrected chi connectivity index (χ3v) is 3.67. The van der Waals surface area contributed by atoms with E-state index < -0.39 is 0 Å². The molecule has 2 aromatic rings. The first-order valence-electron chi connectivity index (χ1n) is 5.63. The van der Waals surface area contributed by atoms with Gasteiger partial charge in [0.15, 0.2) is 5.78 Å². The fourth-order valence-electron chi connectivity index (χ4n) is 1.47. The molecule has 5 heteroatoms. The molecule has 18 heavy (non-hydrogen) atoms. The second-order valence-electron chi connectivity index (χ2n) is 3.75. The third kappa shape index (κ3) is 3.37. The minimum absolute atomic E-state index is 0.0830. The zero-order chi connectivity index (χ0) is 13.0. The van der Waals surface area contributed by atoms with Crippen LogP contribution in [0.1, 0.15) is 17.3 Å². The van der Waals surface area contributed by atoms with Crippen LogP contribution in [0.3, 0.4) is 0 Å². The van der Waals surface area contributed by atoms with E-state index >= 15 is 0 Å². The van der Waals surface area contributed by atoms with Crippen LogP contribution in [-0.2, 0) is 6.54 Å². The smallest absolute Gasteiger partial charge is 0.176 e. The number of Topliss-reactive ketones (excluding diaryl/α,β-unsaturated/α-hetero) is 1. The lowest BCUT2D eigenvalue weighted by molar-refractivity contribution is 0.102. The highest BCUT2D eigenvalue weighted by Gasteiger charge is 2.09. The van der Waals surface area contributed by atoms with Crippen LogP contribution in [0.4, 0.5) is 0 Å². The highest BCUT2D eigenvalue weighted by Crippen LogP contribution is 2.22. The number of ketones is 1. The van der Waals surface area contributed by atoms with E-state index in [1.165, 1.54) is 11.8 Å². The van der Waals surface area contributed by atoms with E-state index in [0.29, 0.717) is 16.3 Å². The van der Waals surface area contributed by atoms with E-state index in [0.717, 1.165) is 11.4 Å². The normalized spacial score (nSPS) is 10.6. The SMILES string of the molecule is CCn1cc(C(=O)CSc2cccc(Cl)c2)cn1. The molecule has 0 saturated carbocycles. The van der Waals surface area contributed by atoms with Gasteiger partial charge in [-0.2, -0.15) is 5.10 Å². The quantitative estimate of drug-likeness (QED) is 0.621. The summed E-state index contributed by atoms with van der Waals surface area (Å²) >= 11 is 7.37. The molecule has 0 fully saturated rings. The average Bonchev–Trinajstić information content (AvgIpc) is 2.85. The van der Waals surface area contributed by atoms with Crippen LogP contribution in [0.2, 0.25) is 5.02 Å². The molecule has 0 aliphatic rings. The molecule has 0 saturated heterocycles. The molecule has 1 heterocycles. The zero-order valence-corrected chi connectivity index (χ0v) is 11.5. The minimum atomic E-state index is 0.0830.